The Morgan fingerprint density at radius 2 is 1.50 bits per heavy atom. The molecule has 0 unspecified atom stereocenters. The van der Waals surface area contributed by atoms with Crippen molar-refractivity contribution < 1.29 is 30.7 Å². The van der Waals surface area contributed by atoms with Crippen LogP contribution in [-0.4, -0.2) is 12.5 Å². The zero-order chi connectivity index (χ0) is 13.8. The first-order valence-corrected chi connectivity index (χ1v) is 12.2. The minimum Gasteiger partial charge on any atom is -1.00 e. The van der Waals surface area contributed by atoms with Gasteiger partial charge >= 0.3 is 133 Å². The van der Waals surface area contributed by atoms with Crippen LogP contribution in [-0.2, 0) is 18.3 Å². The third-order valence-corrected chi connectivity index (χ3v) is 6.70. The Bertz CT molecular complexity index is 733. The number of hydrogen-bond acceptors (Lipinski definition) is 0. The van der Waals surface area contributed by atoms with Gasteiger partial charge in [-0.05, 0) is 0 Å². The Morgan fingerprint density at radius 1 is 0.950 bits per heavy atom. The molecule has 0 saturated carbocycles. The normalized spacial score (nSPS) is 11.9. The molecule has 20 heavy (non-hydrogen) atoms. The molecule has 5 heteroatoms. The van der Waals surface area contributed by atoms with Crippen molar-refractivity contribution in [3.8, 4) is 0 Å². The predicted octanol–water partition coefficient (Wildman–Crippen LogP) is 1.42. The minimum atomic E-state index is -1.43. The van der Waals surface area contributed by atoms with Crippen molar-refractivity contribution in [3.05, 3.63) is 40.9 Å². The summed E-state index contributed by atoms with van der Waals surface area (Å²) in [6.45, 7) is 7.21. The molecule has 1 nitrogen and oxygen atoms in total. The molecule has 0 saturated heterocycles. The number of aromatic nitrogens is 1. The Balaban J connectivity index is 0.00000147. The molecular weight excluding hydrogens is 403 g/mol. The molecule has 0 spiro atoms. The van der Waals surface area contributed by atoms with Crippen LogP contribution in [0.3, 0.4) is 0 Å². The van der Waals surface area contributed by atoms with Crippen LogP contribution in [0.15, 0.2) is 40.9 Å². The van der Waals surface area contributed by atoms with Gasteiger partial charge in [0.2, 0.25) is 0 Å². The van der Waals surface area contributed by atoms with Gasteiger partial charge in [-0.1, -0.05) is 0 Å². The average molecular weight is 418 g/mol. The number of nitrogens with zero attached hydrogens (tertiary/aromatic N) is 1. The van der Waals surface area contributed by atoms with Crippen molar-refractivity contribution in [2.45, 2.75) is 19.6 Å². The van der Waals surface area contributed by atoms with Crippen LogP contribution in [0.5, 0.6) is 0 Å². The van der Waals surface area contributed by atoms with E-state index in [-0.39, 0.29) is 12.4 Å². The first kappa shape index (κ1) is 16.2. The molecule has 0 aliphatic rings. The maximum Gasteiger partial charge on any atom is -1.00 e. The topological polar surface area (TPSA) is 4.93 Å². The largest absolute Gasteiger partial charge is 1.00 e. The molecule has 0 amide bonds. The third-order valence-electron chi connectivity index (χ3n) is 3.46. The molecule has 3 rings (SSSR count). The summed E-state index contributed by atoms with van der Waals surface area (Å²) >= 11 is 4.82. The van der Waals surface area contributed by atoms with Gasteiger partial charge in [-0.25, -0.2) is 0 Å². The Morgan fingerprint density at radius 3 is 2.10 bits per heavy atom. The van der Waals surface area contributed by atoms with E-state index in [1.54, 1.807) is 0 Å². The van der Waals surface area contributed by atoms with Crippen molar-refractivity contribution >= 4 is 50.1 Å². The fourth-order valence-electron chi connectivity index (χ4n) is 2.77. The summed E-state index contributed by atoms with van der Waals surface area (Å²) in [4.78, 5) is 0. The van der Waals surface area contributed by atoms with Crippen LogP contribution in [0, 0.1) is 0 Å². The molecule has 3 aromatic rings. The number of benzene rings is 2. The molecule has 2 aromatic carbocycles. The van der Waals surface area contributed by atoms with Crippen LogP contribution in [0.25, 0.3) is 21.8 Å². The second kappa shape index (κ2) is 5.57. The van der Waals surface area contributed by atoms with E-state index in [2.05, 4.69) is 76.2 Å². The maximum atomic E-state index is 3.61. The summed E-state index contributed by atoms with van der Waals surface area (Å²) in [6.07, 6.45) is 0. The van der Waals surface area contributed by atoms with Gasteiger partial charge in [-0.15, -0.1) is 0 Å². The molecule has 0 N–H and O–H groups in total. The molecular formula is C15H15BrClNSiZn. The van der Waals surface area contributed by atoms with Gasteiger partial charge in [0.25, 0.3) is 0 Å². The minimum absolute atomic E-state index is 0. The Hall–Kier alpha value is -0.150. The Labute approximate surface area is 145 Å². The van der Waals surface area contributed by atoms with E-state index in [0.29, 0.717) is 0 Å². The third kappa shape index (κ3) is 2.64. The van der Waals surface area contributed by atoms with Gasteiger partial charge in [-0.3, -0.25) is 0 Å². The summed E-state index contributed by atoms with van der Waals surface area (Å²) in [5.41, 5.74) is 2.77. The summed E-state index contributed by atoms with van der Waals surface area (Å²) in [7, 11) is -1.43. The standard InChI is InChI=1S/C15H15BrNSi.ClH.Zn/c1-18(2,3)17-14-7-5-4-6-12(14)13-10-11(16)8-9-15(13)17;;/h5-10H,1-3H3;1H;/q;;+1/p-1. The van der Waals surface area contributed by atoms with Gasteiger partial charge in [0.05, 0.1) is 0 Å². The number of fused-ring (bicyclic) bond motifs is 3. The average Bonchev–Trinajstić information content (AvgIpc) is 2.62. The van der Waals surface area contributed by atoms with E-state index < -0.39 is 8.24 Å². The van der Waals surface area contributed by atoms with E-state index in [1.807, 2.05) is 0 Å². The van der Waals surface area contributed by atoms with Gasteiger partial charge in [-0.2, -0.15) is 0 Å². The zero-order valence-electron chi connectivity index (χ0n) is 11.9. The fraction of sp³-hybridized carbons (Fsp3) is 0.200. The van der Waals surface area contributed by atoms with Crippen LogP contribution >= 0.6 is 15.9 Å². The van der Waals surface area contributed by atoms with Crippen LogP contribution < -0.4 is 16.6 Å². The molecule has 0 radical (unpaired) electrons. The summed E-state index contributed by atoms with van der Waals surface area (Å²) in [5.74, 6) is 0. The summed E-state index contributed by atoms with van der Waals surface area (Å²) < 4.78 is 5.19. The molecule has 0 fully saturated rings. The van der Waals surface area contributed by atoms with Crippen LogP contribution in [0.4, 0.5) is 0 Å². The monoisotopic (exact) mass is 415 g/mol. The van der Waals surface area contributed by atoms with Crippen molar-refractivity contribution in [3.63, 3.8) is 0 Å². The van der Waals surface area contributed by atoms with Crippen molar-refractivity contribution in [2.75, 3.05) is 0 Å². The zero-order valence-corrected chi connectivity index (χ0v) is 18.2. The van der Waals surface area contributed by atoms with E-state index in [0.717, 1.165) is 4.47 Å². The van der Waals surface area contributed by atoms with E-state index in [1.165, 1.54) is 44.3 Å². The number of halogens is 2. The second-order valence-electron chi connectivity index (χ2n) is 6.02. The number of rotatable bonds is 1. The van der Waals surface area contributed by atoms with Crippen molar-refractivity contribution in [1.29, 1.82) is 0 Å². The molecule has 100 valence electrons. The van der Waals surface area contributed by atoms with E-state index in [9.17, 15) is 0 Å². The summed E-state index contributed by atoms with van der Waals surface area (Å²) in [6, 6.07) is 13.6. The molecule has 0 atom stereocenters. The number of hydrogen-bond donors (Lipinski definition) is 0. The fourth-order valence-corrected chi connectivity index (χ4v) is 5.64. The Kier molecular flexibility index (Phi) is 4.52. The van der Waals surface area contributed by atoms with E-state index in [4.69, 9.17) is 0 Å². The van der Waals surface area contributed by atoms with Gasteiger partial charge in [0.15, 0.2) is 0 Å². The predicted molar refractivity (Wildman–Crippen MR) is 85.5 cm³/mol. The van der Waals surface area contributed by atoms with Crippen LogP contribution in [0.1, 0.15) is 0 Å². The molecule has 0 bridgehead atoms. The van der Waals surface area contributed by atoms with Crippen LogP contribution in [0.2, 0.25) is 19.6 Å². The first-order chi connectivity index (χ1) is 8.88. The van der Waals surface area contributed by atoms with Gasteiger partial charge in [0, 0.05) is 0 Å². The molecule has 1 heterocycles. The first-order valence-electron chi connectivity index (χ1n) is 6.44. The van der Waals surface area contributed by atoms with Crippen molar-refractivity contribution in [2.24, 2.45) is 0 Å². The molecule has 0 aliphatic carbocycles. The summed E-state index contributed by atoms with van der Waals surface area (Å²) in [5, 5.41) is 2.78. The van der Waals surface area contributed by atoms with Crippen molar-refractivity contribution in [1.82, 2.24) is 4.23 Å². The second-order valence-corrected chi connectivity index (χ2v) is 13.4. The van der Waals surface area contributed by atoms with Gasteiger partial charge in [0.1, 0.15) is 0 Å². The smallest absolute Gasteiger partial charge is 1.00 e. The SMILES string of the molecule is C[Si](C)(C)n1c2cc[c]([Zn+])cc2c2cc(Br)ccc21.[Cl-]. The molecule has 1 aromatic heterocycles. The maximum absolute atomic E-state index is 3.61. The molecule has 0 aliphatic heterocycles. The van der Waals surface area contributed by atoms with E-state index >= 15 is 0 Å². The quantitative estimate of drug-likeness (QED) is 0.527. The van der Waals surface area contributed by atoms with Gasteiger partial charge < -0.3 is 12.4 Å².